The van der Waals surface area contributed by atoms with Crippen molar-refractivity contribution in [2.24, 2.45) is 11.5 Å². The molecular weight excluding hydrogens is 554 g/mol. The quantitative estimate of drug-likeness (QED) is 0.123. The van der Waals surface area contributed by atoms with Crippen LogP contribution in [0.4, 0.5) is 0 Å². The van der Waals surface area contributed by atoms with E-state index in [1.165, 1.54) is 48.2 Å². The number of hydrogen-bond acceptors (Lipinski definition) is 9. The standard InChI is InChI=1S/C27H35N5O8S/c1-41-11-10-20(27(39)40)30-25(37)22(13-16-4-8-18(34)9-5-16)32-26(38)21(12-15-2-6-17(33)7-3-15)31-24(36)19(28)14-23(29)35/h2-9,19-22,33-34H,10-14,28H2,1H3,(H2,29,35)(H,30,37)(H,31,36)(H,32,38)(H,39,40). The van der Waals surface area contributed by atoms with E-state index in [-0.39, 0.29) is 30.8 Å². The van der Waals surface area contributed by atoms with Gasteiger partial charge in [0.05, 0.1) is 12.5 Å². The predicted octanol–water partition coefficient (Wildman–Crippen LogP) is -0.622. The molecule has 0 saturated heterocycles. The summed E-state index contributed by atoms with van der Waals surface area (Å²) in [6.45, 7) is 0. The summed E-state index contributed by atoms with van der Waals surface area (Å²) in [6, 6.07) is 6.70. The number of benzene rings is 2. The second-order valence-electron chi connectivity index (χ2n) is 9.32. The number of amides is 4. The van der Waals surface area contributed by atoms with Crippen LogP contribution in [0.3, 0.4) is 0 Å². The molecule has 0 spiro atoms. The first kappa shape index (κ1) is 32.9. The highest BCUT2D eigenvalue weighted by atomic mass is 32.2. The van der Waals surface area contributed by atoms with Gasteiger partial charge in [-0.3, -0.25) is 19.2 Å². The molecule has 0 bridgehead atoms. The maximum absolute atomic E-state index is 13.5. The van der Waals surface area contributed by atoms with E-state index in [4.69, 9.17) is 11.5 Å². The molecule has 222 valence electrons. The van der Waals surface area contributed by atoms with Crippen LogP contribution in [0.2, 0.25) is 0 Å². The minimum Gasteiger partial charge on any atom is -0.508 e. The second kappa shape index (κ2) is 16.1. The zero-order chi connectivity index (χ0) is 30.5. The van der Waals surface area contributed by atoms with E-state index >= 15 is 0 Å². The van der Waals surface area contributed by atoms with E-state index in [2.05, 4.69) is 16.0 Å². The first-order chi connectivity index (χ1) is 19.4. The average Bonchev–Trinajstić information content (AvgIpc) is 2.91. The fourth-order valence-electron chi connectivity index (χ4n) is 3.78. The summed E-state index contributed by atoms with van der Waals surface area (Å²) in [6.07, 6.45) is 1.36. The van der Waals surface area contributed by atoms with E-state index < -0.39 is 60.2 Å². The first-order valence-corrected chi connectivity index (χ1v) is 14.0. The zero-order valence-electron chi connectivity index (χ0n) is 22.4. The van der Waals surface area contributed by atoms with Gasteiger partial charge in [-0.25, -0.2) is 4.79 Å². The van der Waals surface area contributed by atoms with Crippen molar-refractivity contribution in [1.82, 2.24) is 16.0 Å². The summed E-state index contributed by atoms with van der Waals surface area (Å²) in [5, 5.41) is 36.3. The second-order valence-corrected chi connectivity index (χ2v) is 10.3. The van der Waals surface area contributed by atoms with Gasteiger partial charge < -0.3 is 42.7 Å². The van der Waals surface area contributed by atoms with Crippen LogP contribution in [0.15, 0.2) is 48.5 Å². The summed E-state index contributed by atoms with van der Waals surface area (Å²) in [5.74, 6) is -3.97. The lowest BCUT2D eigenvalue weighted by atomic mass is 10.0. The normalized spacial score (nSPS) is 13.7. The van der Waals surface area contributed by atoms with Gasteiger partial charge in [0, 0.05) is 12.8 Å². The summed E-state index contributed by atoms with van der Waals surface area (Å²) >= 11 is 1.41. The van der Waals surface area contributed by atoms with Crippen molar-refractivity contribution >= 4 is 41.4 Å². The molecule has 2 aromatic rings. The summed E-state index contributed by atoms with van der Waals surface area (Å²) in [4.78, 5) is 62.4. The maximum atomic E-state index is 13.5. The van der Waals surface area contributed by atoms with E-state index in [0.29, 0.717) is 16.9 Å². The molecule has 0 aliphatic heterocycles. The third-order valence-electron chi connectivity index (χ3n) is 6.00. The number of nitrogens with two attached hydrogens (primary N) is 2. The van der Waals surface area contributed by atoms with Gasteiger partial charge in [0.25, 0.3) is 0 Å². The Kier molecular flexibility index (Phi) is 12.9. The number of nitrogens with one attached hydrogen (secondary N) is 3. The number of aromatic hydroxyl groups is 2. The number of carbonyl (C=O) groups excluding carboxylic acids is 4. The number of primary amides is 1. The molecule has 4 amide bonds. The van der Waals surface area contributed by atoms with E-state index in [9.17, 15) is 39.3 Å². The highest BCUT2D eigenvalue weighted by Crippen LogP contribution is 2.14. The number of carboxylic acids is 1. The van der Waals surface area contributed by atoms with Crippen molar-refractivity contribution in [3.05, 3.63) is 59.7 Å². The van der Waals surface area contributed by atoms with Crippen LogP contribution < -0.4 is 27.4 Å². The first-order valence-electron chi connectivity index (χ1n) is 12.6. The average molecular weight is 590 g/mol. The molecule has 2 rings (SSSR count). The van der Waals surface area contributed by atoms with Gasteiger partial charge in [-0.1, -0.05) is 24.3 Å². The molecule has 4 unspecified atom stereocenters. The Morgan fingerprint density at radius 1 is 0.756 bits per heavy atom. The number of thioether (sulfide) groups is 1. The van der Waals surface area contributed by atoms with Crippen LogP contribution in [0.1, 0.15) is 24.0 Å². The largest absolute Gasteiger partial charge is 0.508 e. The van der Waals surface area contributed by atoms with E-state index in [0.717, 1.165) is 0 Å². The van der Waals surface area contributed by atoms with Gasteiger partial charge in [-0.15, -0.1) is 0 Å². The highest BCUT2D eigenvalue weighted by Gasteiger charge is 2.31. The van der Waals surface area contributed by atoms with Crippen LogP contribution in [-0.4, -0.2) is 81.1 Å². The van der Waals surface area contributed by atoms with Crippen LogP contribution in [-0.2, 0) is 36.8 Å². The number of carboxylic acid groups (broad SMARTS) is 1. The third kappa shape index (κ3) is 11.4. The molecule has 14 heteroatoms. The van der Waals surface area contributed by atoms with Gasteiger partial charge in [0.1, 0.15) is 29.6 Å². The lowest BCUT2D eigenvalue weighted by Gasteiger charge is -2.25. The van der Waals surface area contributed by atoms with E-state index in [1.807, 2.05) is 0 Å². The molecule has 0 aromatic heterocycles. The molecule has 10 N–H and O–H groups in total. The smallest absolute Gasteiger partial charge is 0.326 e. The zero-order valence-corrected chi connectivity index (χ0v) is 23.2. The summed E-state index contributed by atoms with van der Waals surface area (Å²) in [7, 11) is 0. The Bertz CT molecular complexity index is 1210. The number of carbonyl (C=O) groups is 5. The van der Waals surface area contributed by atoms with Gasteiger partial charge in [-0.2, -0.15) is 11.8 Å². The Labute approximate surface area is 241 Å². The summed E-state index contributed by atoms with van der Waals surface area (Å²) in [5.41, 5.74) is 12.0. The van der Waals surface area contributed by atoms with Crippen LogP contribution in [0.25, 0.3) is 0 Å². The molecule has 0 saturated carbocycles. The predicted molar refractivity (Wildman–Crippen MR) is 152 cm³/mol. The fourth-order valence-corrected chi connectivity index (χ4v) is 4.25. The van der Waals surface area contributed by atoms with Crippen LogP contribution in [0, 0.1) is 0 Å². The number of phenols is 2. The lowest BCUT2D eigenvalue weighted by molar-refractivity contribution is -0.142. The molecule has 0 fully saturated rings. The number of aliphatic carboxylic acids is 1. The maximum Gasteiger partial charge on any atom is 0.326 e. The van der Waals surface area contributed by atoms with Crippen molar-refractivity contribution in [3.63, 3.8) is 0 Å². The number of rotatable bonds is 16. The molecule has 2 aromatic carbocycles. The van der Waals surface area contributed by atoms with Gasteiger partial charge >= 0.3 is 5.97 Å². The van der Waals surface area contributed by atoms with Gasteiger partial charge in [0.2, 0.25) is 23.6 Å². The third-order valence-corrected chi connectivity index (χ3v) is 6.65. The Balaban J connectivity index is 2.33. The van der Waals surface area contributed by atoms with Crippen LogP contribution >= 0.6 is 11.8 Å². The number of phenolic OH excluding ortho intramolecular Hbond substituents is 2. The number of hydrogen-bond donors (Lipinski definition) is 8. The SMILES string of the molecule is CSCCC(NC(=O)C(Cc1ccc(O)cc1)NC(=O)C(Cc1ccc(O)cc1)NC(=O)C(N)CC(N)=O)C(=O)O. The minimum atomic E-state index is -1.33. The van der Waals surface area contributed by atoms with Crippen molar-refractivity contribution < 1.29 is 39.3 Å². The highest BCUT2D eigenvalue weighted by molar-refractivity contribution is 7.98. The van der Waals surface area contributed by atoms with Crippen LogP contribution in [0.5, 0.6) is 11.5 Å². The topological polar surface area (TPSA) is 234 Å². The molecule has 0 aliphatic carbocycles. The van der Waals surface area contributed by atoms with Crippen molar-refractivity contribution in [1.29, 1.82) is 0 Å². The molecular formula is C27H35N5O8S. The Hall–Kier alpha value is -4.30. The molecule has 13 nitrogen and oxygen atoms in total. The molecule has 0 aliphatic rings. The van der Waals surface area contributed by atoms with Gasteiger partial charge in [-0.05, 0) is 53.8 Å². The molecule has 0 radical (unpaired) electrons. The van der Waals surface area contributed by atoms with Crippen molar-refractivity contribution in [2.45, 2.75) is 49.9 Å². The molecule has 0 heterocycles. The fraction of sp³-hybridized carbons (Fsp3) is 0.370. The van der Waals surface area contributed by atoms with E-state index in [1.54, 1.807) is 18.4 Å². The Morgan fingerprint density at radius 3 is 1.56 bits per heavy atom. The van der Waals surface area contributed by atoms with Crippen molar-refractivity contribution in [3.8, 4) is 11.5 Å². The molecule has 41 heavy (non-hydrogen) atoms. The minimum absolute atomic E-state index is 0.00855. The van der Waals surface area contributed by atoms with Gasteiger partial charge in [0.15, 0.2) is 0 Å². The monoisotopic (exact) mass is 589 g/mol. The summed E-state index contributed by atoms with van der Waals surface area (Å²) < 4.78 is 0. The van der Waals surface area contributed by atoms with Crippen molar-refractivity contribution in [2.75, 3.05) is 12.0 Å². The Morgan fingerprint density at radius 2 is 1.17 bits per heavy atom. The molecule has 4 atom stereocenters. The lowest BCUT2D eigenvalue weighted by Crippen LogP contribution is -2.58.